The van der Waals surface area contributed by atoms with Gasteiger partial charge in [-0.2, -0.15) is 0 Å². The highest BCUT2D eigenvalue weighted by Crippen LogP contribution is 2.33. The highest BCUT2D eigenvalue weighted by molar-refractivity contribution is 6.30. The summed E-state index contributed by atoms with van der Waals surface area (Å²) in [6.07, 6.45) is 4.27. The molecule has 1 aromatic carbocycles. The summed E-state index contributed by atoms with van der Waals surface area (Å²) in [6, 6.07) is 11.0. The van der Waals surface area contributed by atoms with E-state index in [2.05, 4.69) is 4.98 Å². The van der Waals surface area contributed by atoms with Crippen LogP contribution in [-0.2, 0) is 4.79 Å². The van der Waals surface area contributed by atoms with Crippen LogP contribution in [0.5, 0.6) is 5.75 Å². The fraction of sp³-hybridized carbons (Fsp3) is 0.0588. The summed E-state index contributed by atoms with van der Waals surface area (Å²) in [6.45, 7) is 0. The highest BCUT2D eigenvalue weighted by Gasteiger charge is 2.16. The molecule has 2 aromatic heterocycles. The number of nitrogens with zero attached hydrogens (tertiary/aromatic N) is 2. The quantitative estimate of drug-likeness (QED) is 0.741. The van der Waals surface area contributed by atoms with E-state index in [1.807, 2.05) is 24.3 Å². The number of methoxy groups -OCH3 is 1. The Hall–Kier alpha value is -2.79. The van der Waals surface area contributed by atoms with E-state index < -0.39 is 5.97 Å². The second kappa shape index (κ2) is 6.14. The van der Waals surface area contributed by atoms with Crippen LogP contribution >= 0.6 is 11.6 Å². The molecule has 0 aliphatic carbocycles. The van der Waals surface area contributed by atoms with Crippen molar-refractivity contribution in [2.45, 2.75) is 0 Å². The van der Waals surface area contributed by atoms with Crippen LogP contribution in [0.3, 0.4) is 0 Å². The summed E-state index contributed by atoms with van der Waals surface area (Å²) in [5, 5.41) is 9.47. The molecule has 23 heavy (non-hydrogen) atoms. The van der Waals surface area contributed by atoms with Crippen molar-refractivity contribution in [2.75, 3.05) is 7.11 Å². The first-order valence-electron chi connectivity index (χ1n) is 6.82. The van der Waals surface area contributed by atoms with Crippen LogP contribution in [0.25, 0.3) is 23.0 Å². The molecule has 0 aliphatic rings. The Labute approximate surface area is 137 Å². The Morgan fingerprint density at radius 1 is 1.30 bits per heavy atom. The minimum absolute atomic E-state index is 0.534. The zero-order chi connectivity index (χ0) is 16.4. The molecule has 0 saturated carbocycles. The van der Waals surface area contributed by atoms with Crippen LogP contribution in [-0.4, -0.2) is 27.6 Å². The fourth-order valence-electron chi connectivity index (χ4n) is 2.38. The summed E-state index contributed by atoms with van der Waals surface area (Å²) < 4.78 is 7.14. The monoisotopic (exact) mass is 328 g/mol. The number of carbonyl (C=O) groups is 1. The van der Waals surface area contributed by atoms with Gasteiger partial charge in [-0.15, -0.1) is 0 Å². The summed E-state index contributed by atoms with van der Waals surface area (Å²) in [5.41, 5.74) is 2.69. The van der Waals surface area contributed by atoms with E-state index in [-0.39, 0.29) is 0 Å². The third kappa shape index (κ3) is 2.91. The summed E-state index contributed by atoms with van der Waals surface area (Å²) in [7, 11) is 1.58. The molecule has 0 radical (unpaired) electrons. The Balaban J connectivity index is 2.31. The number of hydrogen-bond donors (Lipinski definition) is 1. The molecule has 2 heterocycles. The highest BCUT2D eigenvalue weighted by atomic mass is 35.5. The number of para-hydroxylation sites is 1. The Morgan fingerprint density at radius 3 is 2.83 bits per heavy atom. The molecule has 0 saturated heterocycles. The topological polar surface area (TPSA) is 63.8 Å². The maximum atomic E-state index is 10.9. The molecule has 0 bridgehead atoms. The van der Waals surface area contributed by atoms with E-state index >= 15 is 0 Å². The number of benzene rings is 1. The van der Waals surface area contributed by atoms with Gasteiger partial charge in [-0.1, -0.05) is 23.7 Å². The number of imidazole rings is 1. The maximum absolute atomic E-state index is 10.9. The lowest BCUT2D eigenvalue weighted by atomic mass is 10.1. The van der Waals surface area contributed by atoms with Crippen molar-refractivity contribution < 1.29 is 14.6 Å². The fourth-order valence-corrected chi connectivity index (χ4v) is 2.55. The number of pyridine rings is 1. The lowest BCUT2D eigenvalue weighted by molar-refractivity contribution is -0.131. The zero-order valence-electron chi connectivity index (χ0n) is 12.2. The minimum atomic E-state index is -1.03. The van der Waals surface area contributed by atoms with Crippen LogP contribution in [0.2, 0.25) is 5.02 Å². The normalized spacial score (nSPS) is 11.2. The second-order valence-electron chi connectivity index (χ2n) is 4.79. The number of aliphatic carboxylic acids is 1. The molecule has 6 heteroatoms. The van der Waals surface area contributed by atoms with Gasteiger partial charge in [0.1, 0.15) is 17.1 Å². The van der Waals surface area contributed by atoms with Crippen molar-refractivity contribution in [3.8, 4) is 17.0 Å². The lowest BCUT2D eigenvalue weighted by Crippen LogP contribution is -1.92. The molecule has 0 unspecified atom stereocenters. The number of halogens is 1. The number of aromatic nitrogens is 2. The molecular formula is C17H13ClN2O3. The second-order valence-corrected chi connectivity index (χ2v) is 5.23. The third-order valence-electron chi connectivity index (χ3n) is 3.37. The Morgan fingerprint density at radius 2 is 2.09 bits per heavy atom. The predicted octanol–water partition coefficient (Wildman–Crippen LogP) is 3.76. The van der Waals surface area contributed by atoms with E-state index in [9.17, 15) is 4.79 Å². The number of carboxylic acids is 1. The van der Waals surface area contributed by atoms with E-state index in [1.54, 1.807) is 29.8 Å². The number of fused-ring (bicyclic) bond motifs is 1. The largest absolute Gasteiger partial charge is 0.496 e. The summed E-state index contributed by atoms with van der Waals surface area (Å²) in [5.74, 6) is -0.375. The molecule has 0 fully saturated rings. The van der Waals surface area contributed by atoms with Crippen molar-refractivity contribution in [1.29, 1.82) is 0 Å². The molecule has 0 amide bonds. The molecule has 116 valence electrons. The number of hydrogen-bond acceptors (Lipinski definition) is 3. The number of ether oxygens (including phenoxy) is 1. The van der Waals surface area contributed by atoms with Gasteiger partial charge in [0.25, 0.3) is 0 Å². The standard InChI is InChI=1S/C17H13ClN2O3/c1-23-14-5-3-2-4-12(14)17-13(7-9-16(21)22)20-10-11(18)6-8-15(20)19-17/h2-10H,1H3,(H,21,22)/b9-7+. The van der Waals surface area contributed by atoms with E-state index in [4.69, 9.17) is 21.4 Å². The maximum Gasteiger partial charge on any atom is 0.328 e. The van der Waals surface area contributed by atoms with E-state index in [0.717, 1.165) is 11.6 Å². The van der Waals surface area contributed by atoms with Gasteiger partial charge >= 0.3 is 5.97 Å². The van der Waals surface area contributed by atoms with Gasteiger partial charge in [0.05, 0.1) is 17.8 Å². The molecular weight excluding hydrogens is 316 g/mol. The first-order valence-corrected chi connectivity index (χ1v) is 7.20. The van der Waals surface area contributed by atoms with Gasteiger partial charge in [-0.25, -0.2) is 9.78 Å². The Kier molecular flexibility index (Phi) is 4.04. The van der Waals surface area contributed by atoms with Crippen LogP contribution in [0.4, 0.5) is 0 Å². The van der Waals surface area contributed by atoms with Crippen LogP contribution in [0.1, 0.15) is 5.69 Å². The number of rotatable bonds is 4. The van der Waals surface area contributed by atoms with Crippen molar-refractivity contribution in [3.05, 3.63) is 59.4 Å². The van der Waals surface area contributed by atoms with Gasteiger partial charge in [0, 0.05) is 17.8 Å². The SMILES string of the molecule is COc1ccccc1-c1nc2ccc(Cl)cn2c1/C=C/C(=O)O. The van der Waals surface area contributed by atoms with Crippen LogP contribution in [0.15, 0.2) is 48.7 Å². The molecule has 5 nitrogen and oxygen atoms in total. The predicted molar refractivity (Wildman–Crippen MR) is 88.9 cm³/mol. The Bertz CT molecular complexity index is 915. The van der Waals surface area contributed by atoms with Crippen LogP contribution < -0.4 is 4.74 Å². The van der Waals surface area contributed by atoms with Crippen LogP contribution in [0, 0.1) is 0 Å². The van der Waals surface area contributed by atoms with Gasteiger partial charge < -0.3 is 9.84 Å². The van der Waals surface area contributed by atoms with Crippen molar-refractivity contribution >= 4 is 29.3 Å². The van der Waals surface area contributed by atoms with Crippen molar-refractivity contribution in [1.82, 2.24) is 9.38 Å². The van der Waals surface area contributed by atoms with Gasteiger partial charge in [0.15, 0.2) is 0 Å². The molecule has 3 rings (SSSR count). The van der Waals surface area contributed by atoms with Crippen molar-refractivity contribution in [3.63, 3.8) is 0 Å². The van der Waals surface area contributed by atoms with E-state index in [0.29, 0.717) is 27.8 Å². The van der Waals surface area contributed by atoms with Crippen molar-refractivity contribution in [2.24, 2.45) is 0 Å². The van der Waals surface area contributed by atoms with Gasteiger partial charge in [-0.05, 0) is 30.3 Å². The third-order valence-corrected chi connectivity index (χ3v) is 3.59. The minimum Gasteiger partial charge on any atom is -0.496 e. The lowest BCUT2D eigenvalue weighted by Gasteiger charge is -2.06. The molecule has 0 atom stereocenters. The van der Waals surface area contributed by atoms with E-state index in [1.165, 1.54) is 6.08 Å². The summed E-state index contributed by atoms with van der Waals surface area (Å²) >= 11 is 6.05. The average Bonchev–Trinajstić information content (AvgIpc) is 2.90. The first-order chi connectivity index (χ1) is 11.1. The molecule has 0 aliphatic heterocycles. The molecule has 3 aromatic rings. The van der Waals surface area contributed by atoms with Gasteiger partial charge in [0.2, 0.25) is 0 Å². The molecule has 1 N–H and O–H groups in total. The molecule has 0 spiro atoms. The summed E-state index contributed by atoms with van der Waals surface area (Å²) in [4.78, 5) is 15.5. The zero-order valence-corrected chi connectivity index (χ0v) is 13.0. The average molecular weight is 329 g/mol. The first kappa shape index (κ1) is 15.1. The number of carboxylic acid groups (broad SMARTS) is 1. The van der Waals surface area contributed by atoms with Gasteiger partial charge in [-0.3, -0.25) is 4.40 Å². The smallest absolute Gasteiger partial charge is 0.328 e.